The van der Waals surface area contributed by atoms with E-state index in [1.165, 1.54) is 0 Å². The summed E-state index contributed by atoms with van der Waals surface area (Å²) in [4.78, 5) is 11.6. The number of rotatable bonds is 3. The first-order valence-electron chi connectivity index (χ1n) is 10.9. The Morgan fingerprint density at radius 1 is 1.15 bits per heavy atom. The number of aliphatic hydroxyl groups is 2. The van der Waals surface area contributed by atoms with Crippen molar-refractivity contribution in [1.29, 1.82) is 0 Å². The minimum atomic E-state index is -0.653. The maximum Gasteiger partial charge on any atom is 0.331 e. The molecule has 1 heterocycles. The van der Waals surface area contributed by atoms with Gasteiger partial charge in [-0.05, 0) is 86.5 Å². The highest BCUT2D eigenvalue weighted by Crippen LogP contribution is 2.68. The van der Waals surface area contributed by atoms with E-state index in [0.717, 1.165) is 50.5 Å². The van der Waals surface area contributed by atoms with Gasteiger partial charge in [0, 0.05) is 11.5 Å². The summed E-state index contributed by atoms with van der Waals surface area (Å²) in [7, 11) is 0. The fourth-order valence-corrected chi connectivity index (χ4v) is 7.66. The first kappa shape index (κ1) is 19.4. The van der Waals surface area contributed by atoms with Gasteiger partial charge in [0.1, 0.15) is 6.61 Å². The van der Waals surface area contributed by atoms with E-state index >= 15 is 0 Å². The first-order chi connectivity index (χ1) is 12.6. The van der Waals surface area contributed by atoms with Crippen molar-refractivity contribution in [2.45, 2.75) is 84.3 Å². The maximum absolute atomic E-state index is 12.1. The number of carbonyl (C=O) groups is 1. The average Bonchev–Trinajstić information content (AvgIpc) is 3.11. The number of fused-ring (bicyclic) bond motifs is 3. The van der Waals surface area contributed by atoms with Gasteiger partial charge in [0.15, 0.2) is 0 Å². The van der Waals surface area contributed by atoms with E-state index in [2.05, 4.69) is 20.8 Å². The fourth-order valence-electron chi connectivity index (χ4n) is 7.66. The Labute approximate surface area is 163 Å². The van der Waals surface area contributed by atoms with Crippen molar-refractivity contribution in [3.8, 4) is 0 Å². The van der Waals surface area contributed by atoms with Crippen molar-refractivity contribution in [1.82, 2.24) is 0 Å². The largest absolute Gasteiger partial charge is 0.458 e. The Morgan fingerprint density at radius 2 is 1.89 bits per heavy atom. The van der Waals surface area contributed by atoms with Gasteiger partial charge in [-0.1, -0.05) is 20.8 Å². The second kappa shape index (κ2) is 6.32. The Bertz CT molecular complexity index is 651. The third kappa shape index (κ3) is 2.73. The van der Waals surface area contributed by atoms with Crippen LogP contribution in [0.25, 0.3) is 0 Å². The summed E-state index contributed by atoms with van der Waals surface area (Å²) in [6, 6.07) is 0. The smallest absolute Gasteiger partial charge is 0.331 e. The number of hydrogen-bond acceptors (Lipinski definition) is 4. The van der Waals surface area contributed by atoms with Crippen molar-refractivity contribution in [3.63, 3.8) is 0 Å². The zero-order chi connectivity index (χ0) is 19.6. The van der Waals surface area contributed by atoms with Gasteiger partial charge in [-0.15, -0.1) is 0 Å². The SMILES string of the molecule is C[C@H](O)C[C@H]1CCC2C(CC[C@]3(C)[C@@H](C4=CC(=O)OC4)CC[C@@]23O)C1(C)C. The third-order valence-corrected chi connectivity index (χ3v) is 9.24. The molecule has 4 aliphatic rings. The lowest BCUT2D eigenvalue weighted by atomic mass is 9.45. The summed E-state index contributed by atoms with van der Waals surface area (Å²) in [6.07, 6.45) is 8.35. The molecule has 0 spiro atoms. The van der Waals surface area contributed by atoms with Crippen molar-refractivity contribution in [3.05, 3.63) is 11.6 Å². The topological polar surface area (TPSA) is 66.8 Å². The van der Waals surface area contributed by atoms with Crippen molar-refractivity contribution < 1.29 is 19.7 Å². The predicted octanol–water partition coefficient (Wildman–Crippen LogP) is 3.85. The Kier molecular flexibility index (Phi) is 4.55. The molecule has 0 aromatic carbocycles. The number of esters is 1. The van der Waals surface area contributed by atoms with Crippen LogP contribution < -0.4 is 0 Å². The van der Waals surface area contributed by atoms with E-state index in [1.807, 2.05) is 6.92 Å². The molecular weight excluding hydrogens is 340 g/mol. The number of cyclic esters (lactones) is 1. The lowest BCUT2D eigenvalue weighted by Gasteiger charge is -2.61. The van der Waals surface area contributed by atoms with Crippen LogP contribution in [0.15, 0.2) is 11.6 Å². The molecule has 0 aromatic heterocycles. The monoisotopic (exact) mass is 376 g/mol. The van der Waals surface area contributed by atoms with Crippen molar-refractivity contribution >= 4 is 5.97 Å². The van der Waals surface area contributed by atoms with Crippen LogP contribution in [0.4, 0.5) is 0 Å². The second-order valence-electron chi connectivity index (χ2n) is 10.7. The van der Waals surface area contributed by atoms with Crippen LogP contribution in [0.5, 0.6) is 0 Å². The molecule has 1 aliphatic heterocycles. The molecule has 3 fully saturated rings. The molecule has 0 saturated heterocycles. The highest BCUT2D eigenvalue weighted by atomic mass is 16.5. The Morgan fingerprint density at radius 3 is 2.52 bits per heavy atom. The quantitative estimate of drug-likeness (QED) is 0.734. The molecule has 4 rings (SSSR count). The molecule has 4 nitrogen and oxygen atoms in total. The summed E-state index contributed by atoms with van der Waals surface area (Å²) < 4.78 is 5.19. The summed E-state index contributed by atoms with van der Waals surface area (Å²) in [5, 5.41) is 22.0. The molecule has 4 heteroatoms. The van der Waals surface area contributed by atoms with Crippen LogP contribution in [0, 0.1) is 34.5 Å². The molecule has 3 aliphatic carbocycles. The van der Waals surface area contributed by atoms with Gasteiger partial charge in [0.25, 0.3) is 0 Å². The molecule has 2 unspecified atom stereocenters. The molecule has 152 valence electrons. The third-order valence-electron chi connectivity index (χ3n) is 9.24. The highest BCUT2D eigenvalue weighted by molar-refractivity contribution is 5.85. The van der Waals surface area contributed by atoms with Crippen LogP contribution in [0.1, 0.15) is 72.6 Å². The highest BCUT2D eigenvalue weighted by Gasteiger charge is 2.66. The minimum absolute atomic E-state index is 0.140. The van der Waals surface area contributed by atoms with E-state index in [-0.39, 0.29) is 28.8 Å². The van der Waals surface area contributed by atoms with Crippen LogP contribution in [-0.4, -0.2) is 34.5 Å². The van der Waals surface area contributed by atoms with Gasteiger partial charge in [-0.25, -0.2) is 4.79 Å². The lowest BCUT2D eigenvalue weighted by molar-refractivity contribution is -0.197. The molecule has 0 amide bonds. The average molecular weight is 377 g/mol. The number of carbonyl (C=O) groups excluding carboxylic acids is 1. The van der Waals surface area contributed by atoms with Crippen LogP contribution in [0.2, 0.25) is 0 Å². The second-order valence-corrected chi connectivity index (χ2v) is 10.7. The normalized spacial score (nSPS) is 47.0. The number of aliphatic hydroxyl groups excluding tert-OH is 1. The maximum atomic E-state index is 12.1. The molecule has 0 aromatic rings. The van der Waals surface area contributed by atoms with Crippen LogP contribution in [-0.2, 0) is 9.53 Å². The van der Waals surface area contributed by atoms with E-state index < -0.39 is 5.60 Å². The zero-order valence-electron chi connectivity index (χ0n) is 17.3. The first-order valence-corrected chi connectivity index (χ1v) is 10.9. The predicted molar refractivity (Wildman–Crippen MR) is 104 cm³/mol. The Hall–Kier alpha value is -0.870. The van der Waals surface area contributed by atoms with Gasteiger partial charge >= 0.3 is 5.97 Å². The standard InChI is InChI=1S/C23H36O4/c1-14(24)11-16-5-6-19-18(21(16,2)3)7-9-22(4)17(8-10-23(19,22)26)15-12-20(25)27-13-15/h12,14,16-19,24,26H,5-11,13H2,1-4H3/t14-,16+,17+,18?,19?,22+,23+/m0/s1. The summed E-state index contributed by atoms with van der Waals surface area (Å²) in [5.74, 6) is 1.38. The van der Waals surface area contributed by atoms with E-state index in [0.29, 0.717) is 24.4 Å². The molecular formula is C23H36O4. The molecule has 0 radical (unpaired) electrons. The lowest BCUT2D eigenvalue weighted by Crippen LogP contribution is -2.61. The van der Waals surface area contributed by atoms with E-state index in [4.69, 9.17) is 4.74 Å². The summed E-state index contributed by atoms with van der Waals surface area (Å²) in [6.45, 7) is 9.29. The van der Waals surface area contributed by atoms with E-state index in [9.17, 15) is 15.0 Å². The van der Waals surface area contributed by atoms with Crippen molar-refractivity contribution in [2.24, 2.45) is 34.5 Å². The van der Waals surface area contributed by atoms with Gasteiger partial charge in [-0.2, -0.15) is 0 Å². The molecule has 0 bridgehead atoms. The molecule has 7 atom stereocenters. The molecule has 2 N–H and O–H groups in total. The number of hydrogen-bond donors (Lipinski definition) is 2. The minimum Gasteiger partial charge on any atom is -0.458 e. The van der Waals surface area contributed by atoms with Gasteiger partial charge in [0.05, 0.1) is 11.7 Å². The van der Waals surface area contributed by atoms with Gasteiger partial charge < -0.3 is 14.9 Å². The van der Waals surface area contributed by atoms with Gasteiger partial charge in [-0.3, -0.25) is 0 Å². The van der Waals surface area contributed by atoms with Crippen LogP contribution in [0.3, 0.4) is 0 Å². The number of ether oxygens (including phenoxy) is 1. The van der Waals surface area contributed by atoms with Gasteiger partial charge in [0.2, 0.25) is 0 Å². The van der Waals surface area contributed by atoms with E-state index in [1.54, 1.807) is 6.08 Å². The van der Waals surface area contributed by atoms with Crippen LogP contribution >= 0.6 is 0 Å². The Balaban J connectivity index is 1.62. The zero-order valence-corrected chi connectivity index (χ0v) is 17.3. The van der Waals surface area contributed by atoms with Crippen molar-refractivity contribution in [2.75, 3.05) is 6.61 Å². The summed E-state index contributed by atoms with van der Waals surface area (Å²) >= 11 is 0. The summed E-state index contributed by atoms with van der Waals surface area (Å²) in [5.41, 5.74) is 0.418. The molecule has 3 saturated carbocycles. The molecule has 27 heavy (non-hydrogen) atoms. The fraction of sp³-hybridized carbons (Fsp3) is 0.870.